The fourth-order valence-corrected chi connectivity index (χ4v) is 2.95. The van der Waals surface area contributed by atoms with Crippen LogP contribution in [0.25, 0.3) is 0 Å². The standard InChI is InChI=1S/C18H23F3O/c1-2-14-9-10-15(12-14)6-3-4-11-22-17-8-5-7-16(13-17)18(19,20)21/h3,5-8,13-15H,2,4,9-12H2,1H3/b6-3+. The number of ether oxygens (including phenoxy) is 1. The molecule has 122 valence electrons. The minimum absolute atomic E-state index is 0.273. The summed E-state index contributed by atoms with van der Waals surface area (Å²) < 4.78 is 43.1. The first kappa shape index (κ1) is 16.9. The van der Waals surface area contributed by atoms with E-state index >= 15 is 0 Å². The van der Waals surface area contributed by atoms with E-state index in [2.05, 4.69) is 19.1 Å². The van der Waals surface area contributed by atoms with Crippen molar-refractivity contribution in [2.45, 2.75) is 45.2 Å². The number of allylic oxidation sites excluding steroid dienone is 1. The number of alkyl halides is 3. The van der Waals surface area contributed by atoms with Crippen molar-refractivity contribution in [3.63, 3.8) is 0 Å². The van der Waals surface area contributed by atoms with E-state index in [0.717, 1.165) is 24.5 Å². The van der Waals surface area contributed by atoms with Crippen molar-refractivity contribution in [2.24, 2.45) is 11.8 Å². The Morgan fingerprint density at radius 3 is 2.77 bits per heavy atom. The zero-order valence-corrected chi connectivity index (χ0v) is 12.9. The van der Waals surface area contributed by atoms with Crippen LogP contribution in [0.15, 0.2) is 36.4 Å². The van der Waals surface area contributed by atoms with Crippen LogP contribution in [0.1, 0.15) is 44.6 Å². The van der Waals surface area contributed by atoms with Gasteiger partial charge in [0.05, 0.1) is 12.2 Å². The van der Waals surface area contributed by atoms with Gasteiger partial charge in [0, 0.05) is 0 Å². The second-order valence-corrected chi connectivity index (χ2v) is 5.94. The third-order valence-electron chi connectivity index (χ3n) is 4.28. The lowest BCUT2D eigenvalue weighted by Crippen LogP contribution is -2.05. The quantitative estimate of drug-likeness (QED) is 0.472. The lowest BCUT2D eigenvalue weighted by molar-refractivity contribution is -0.137. The maximum absolute atomic E-state index is 12.6. The molecule has 1 fully saturated rings. The SMILES string of the molecule is CCC1CCC(/C=C/CCOc2cccc(C(F)(F)F)c2)C1. The van der Waals surface area contributed by atoms with Gasteiger partial charge >= 0.3 is 6.18 Å². The Balaban J connectivity index is 1.73. The normalized spacial score (nSPS) is 22.4. The minimum atomic E-state index is -4.32. The minimum Gasteiger partial charge on any atom is -0.493 e. The van der Waals surface area contributed by atoms with E-state index in [0.29, 0.717) is 12.5 Å². The van der Waals surface area contributed by atoms with Gasteiger partial charge in [0.25, 0.3) is 0 Å². The summed E-state index contributed by atoms with van der Waals surface area (Å²) in [5.74, 6) is 1.80. The molecule has 0 spiro atoms. The van der Waals surface area contributed by atoms with Crippen LogP contribution in [0.3, 0.4) is 0 Å². The van der Waals surface area contributed by atoms with E-state index in [-0.39, 0.29) is 5.75 Å². The molecule has 0 amide bonds. The van der Waals surface area contributed by atoms with Crippen LogP contribution in [0.5, 0.6) is 5.75 Å². The van der Waals surface area contributed by atoms with Crippen molar-refractivity contribution in [3.05, 3.63) is 42.0 Å². The van der Waals surface area contributed by atoms with Crippen molar-refractivity contribution in [1.82, 2.24) is 0 Å². The molecule has 0 aromatic heterocycles. The molecule has 2 atom stereocenters. The molecule has 0 radical (unpaired) electrons. The largest absolute Gasteiger partial charge is 0.493 e. The summed E-state index contributed by atoms with van der Waals surface area (Å²) >= 11 is 0. The summed E-state index contributed by atoms with van der Waals surface area (Å²) in [5.41, 5.74) is -0.669. The molecule has 1 aromatic carbocycles. The van der Waals surface area contributed by atoms with Gasteiger partial charge in [-0.25, -0.2) is 0 Å². The van der Waals surface area contributed by atoms with Gasteiger partial charge in [-0.3, -0.25) is 0 Å². The Bertz CT molecular complexity index is 493. The highest BCUT2D eigenvalue weighted by atomic mass is 19.4. The first-order chi connectivity index (χ1) is 10.5. The van der Waals surface area contributed by atoms with E-state index < -0.39 is 11.7 Å². The Labute approximate surface area is 130 Å². The third-order valence-corrected chi connectivity index (χ3v) is 4.28. The zero-order valence-electron chi connectivity index (χ0n) is 12.9. The molecule has 1 aromatic rings. The first-order valence-corrected chi connectivity index (χ1v) is 7.95. The smallest absolute Gasteiger partial charge is 0.416 e. The molecule has 4 heteroatoms. The summed E-state index contributed by atoms with van der Waals surface area (Å²) in [4.78, 5) is 0. The molecule has 0 bridgehead atoms. The van der Waals surface area contributed by atoms with E-state index in [4.69, 9.17) is 4.74 Å². The Kier molecular flexibility index (Phi) is 5.92. The van der Waals surface area contributed by atoms with Gasteiger partial charge in [-0.1, -0.05) is 31.6 Å². The molecule has 1 saturated carbocycles. The fourth-order valence-electron chi connectivity index (χ4n) is 2.95. The van der Waals surface area contributed by atoms with E-state index in [1.807, 2.05) is 0 Å². The third kappa shape index (κ3) is 5.08. The molecule has 0 N–H and O–H groups in total. The number of halogens is 3. The van der Waals surface area contributed by atoms with Crippen LogP contribution in [0, 0.1) is 11.8 Å². The van der Waals surface area contributed by atoms with Crippen molar-refractivity contribution >= 4 is 0 Å². The second-order valence-electron chi connectivity index (χ2n) is 5.94. The fraction of sp³-hybridized carbons (Fsp3) is 0.556. The lowest BCUT2D eigenvalue weighted by atomic mass is 10.0. The van der Waals surface area contributed by atoms with Crippen molar-refractivity contribution in [2.75, 3.05) is 6.61 Å². The molecule has 0 aliphatic heterocycles. The first-order valence-electron chi connectivity index (χ1n) is 7.95. The predicted molar refractivity (Wildman–Crippen MR) is 81.8 cm³/mol. The summed E-state index contributed by atoms with van der Waals surface area (Å²) in [5, 5.41) is 0. The summed E-state index contributed by atoms with van der Waals surface area (Å²) in [6, 6.07) is 5.03. The van der Waals surface area contributed by atoms with Crippen LogP contribution < -0.4 is 4.74 Å². The van der Waals surface area contributed by atoms with Crippen LogP contribution >= 0.6 is 0 Å². The Morgan fingerprint density at radius 2 is 2.09 bits per heavy atom. The van der Waals surface area contributed by atoms with E-state index in [1.54, 1.807) is 6.07 Å². The van der Waals surface area contributed by atoms with Crippen molar-refractivity contribution in [1.29, 1.82) is 0 Å². The monoisotopic (exact) mass is 312 g/mol. The molecule has 2 rings (SSSR count). The zero-order chi connectivity index (χ0) is 16.0. The maximum Gasteiger partial charge on any atom is 0.416 e. The number of rotatable bonds is 6. The summed E-state index contributed by atoms with van der Waals surface area (Å²) in [6.07, 6.45) is 5.82. The molecular formula is C18H23F3O. The van der Waals surface area contributed by atoms with Gasteiger partial charge in [-0.05, 0) is 55.7 Å². The van der Waals surface area contributed by atoms with Crippen LogP contribution in [0.4, 0.5) is 13.2 Å². The summed E-state index contributed by atoms with van der Waals surface area (Å²) in [6.45, 7) is 2.64. The molecule has 1 aliphatic carbocycles. The molecule has 1 nitrogen and oxygen atoms in total. The lowest BCUT2D eigenvalue weighted by Gasteiger charge is -2.09. The molecule has 1 aliphatic rings. The van der Waals surface area contributed by atoms with Gasteiger partial charge in [0.15, 0.2) is 0 Å². The predicted octanol–water partition coefficient (Wildman–Crippen LogP) is 5.86. The molecule has 2 unspecified atom stereocenters. The van der Waals surface area contributed by atoms with Gasteiger partial charge < -0.3 is 4.74 Å². The molecule has 22 heavy (non-hydrogen) atoms. The number of hydrogen-bond acceptors (Lipinski definition) is 1. The van der Waals surface area contributed by atoms with Gasteiger partial charge in [-0.2, -0.15) is 13.2 Å². The van der Waals surface area contributed by atoms with Crippen molar-refractivity contribution < 1.29 is 17.9 Å². The van der Waals surface area contributed by atoms with Gasteiger partial charge in [-0.15, -0.1) is 0 Å². The highest BCUT2D eigenvalue weighted by Gasteiger charge is 2.30. The number of benzene rings is 1. The highest BCUT2D eigenvalue weighted by molar-refractivity contribution is 5.30. The van der Waals surface area contributed by atoms with Crippen LogP contribution in [-0.4, -0.2) is 6.61 Å². The average Bonchev–Trinajstić information content (AvgIpc) is 2.94. The van der Waals surface area contributed by atoms with E-state index in [9.17, 15) is 13.2 Å². The van der Waals surface area contributed by atoms with E-state index in [1.165, 1.54) is 31.7 Å². The maximum atomic E-state index is 12.6. The van der Waals surface area contributed by atoms with Gasteiger partial charge in [0.2, 0.25) is 0 Å². The van der Waals surface area contributed by atoms with Crippen LogP contribution in [-0.2, 0) is 6.18 Å². The molecule has 0 saturated heterocycles. The topological polar surface area (TPSA) is 9.23 Å². The number of hydrogen-bond donors (Lipinski definition) is 0. The molecule has 0 heterocycles. The Morgan fingerprint density at radius 1 is 1.27 bits per heavy atom. The molecular weight excluding hydrogens is 289 g/mol. The highest BCUT2D eigenvalue weighted by Crippen LogP contribution is 2.33. The van der Waals surface area contributed by atoms with Gasteiger partial charge in [0.1, 0.15) is 5.75 Å². The average molecular weight is 312 g/mol. The Hall–Kier alpha value is -1.45. The van der Waals surface area contributed by atoms with Crippen LogP contribution in [0.2, 0.25) is 0 Å². The van der Waals surface area contributed by atoms with Crippen molar-refractivity contribution in [3.8, 4) is 5.75 Å². The second kappa shape index (κ2) is 7.70. The summed E-state index contributed by atoms with van der Waals surface area (Å²) in [7, 11) is 0.